The molecule has 11 nitrogen and oxygen atoms in total. The maximum Gasteiger partial charge on any atom is 0.354 e. The van der Waals surface area contributed by atoms with Crippen LogP contribution in [-0.4, -0.2) is 74.2 Å². The highest BCUT2D eigenvalue weighted by atomic mass is 35.5. The van der Waals surface area contributed by atoms with Crippen LogP contribution in [0.3, 0.4) is 0 Å². The summed E-state index contributed by atoms with van der Waals surface area (Å²) in [6.07, 6.45) is 2.76. The van der Waals surface area contributed by atoms with E-state index in [9.17, 15) is 24.6 Å². The van der Waals surface area contributed by atoms with Crippen LogP contribution in [0.1, 0.15) is 31.0 Å². The van der Waals surface area contributed by atoms with Crippen LogP contribution in [0.4, 0.5) is 15.9 Å². The van der Waals surface area contributed by atoms with Crippen LogP contribution < -0.4 is 15.5 Å². The highest BCUT2D eigenvalue weighted by Gasteiger charge is 2.43. The van der Waals surface area contributed by atoms with E-state index >= 15 is 4.39 Å². The second-order valence-corrected chi connectivity index (χ2v) is 11.8. The van der Waals surface area contributed by atoms with Crippen LogP contribution in [-0.2, 0) is 9.59 Å². The fourth-order valence-corrected chi connectivity index (χ4v) is 6.71. The van der Waals surface area contributed by atoms with Gasteiger partial charge in [0, 0.05) is 31.9 Å². The second kappa shape index (κ2) is 10.9. The number of halogens is 2. The normalized spacial score (nSPS) is 16.3. The van der Waals surface area contributed by atoms with Crippen molar-refractivity contribution in [3.63, 3.8) is 0 Å². The lowest BCUT2D eigenvalue weighted by atomic mass is 9.97. The molecule has 2 aromatic heterocycles. The van der Waals surface area contributed by atoms with E-state index in [1.54, 1.807) is 24.1 Å². The van der Waals surface area contributed by atoms with Crippen LogP contribution >= 0.6 is 11.6 Å². The predicted molar refractivity (Wildman–Crippen MR) is 169 cm³/mol. The lowest BCUT2D eigenvalue weighted by Crippen LogP contribution is -2.60. The number of rotatable bonds is 4. The molecule has 2 amide bonds. The molecule has 2 aliphatic rings. The quantitative estimate of drug-likeness (QED) is 0.319. The van der Waals surface area contributed by atoms with E-state index in [-0.39, 0.29) is 64.5 Å². The number of pyridine rings is 1. The largest absolute Gasteiger partial charge is 0.507 e. The number of benzene rings is 2. The first-order chi connectivity index (χ1) is 21.4. The van der Waals surface area contributed by atoms with Gasteiger partial charge in [-0.05, 0) is 42.7 Å². The number of aromatic nitrogens is 3. The summed E-state index contributed by atoms with van der Waals surface area (Å²) in [7, 11) is 1.46. The lowest BCUT2D eigenvalue weighted by molar-refractivity contribution is -0.128. The van der Waals surface area contributed by atoms with Crippen molar-refractivity contribution in [1.82, 2.24) is 19.4 Å². The number of hydrogen-bond acceptors (Lipinski definition) is 8. The SMILES string of the molecule is C=CC(=O)N1CCN2c3nc(=O)n(-c4c(C)ccnc4C(C)C)c4c(F)c(-c5c(O)cccc5O)c(Cl)c(c34)N(C)C(=O)C2C1. The van der Waals surface area contributed by atoms with Gasteiger partial charge in [0.25, 0.3) is 5.91 Å². The molecule has 0 radical (unpaired) electrons. The molecule has 4 aromatic rings. The van der Waals surface area contributed by atoms with E-state index < -0.39 is 40.5 Å². The van der Waals surface area contributed by atoms with Gasteiger partial charge in [-0.2, -0.15) is 4.98 Å². The van der Waals surface area contributed by atoms with Gasteiger partial charge in [0.1, 0.15) is 28.9 Å². The number of carbonyl (C=O) groups excluding carboxylic acids is 2. The van der Waals surface area contributed by atoms with Crippen LogP contribution in [0, 0.1) is 12.7 Å². The van der Waals surface area contributed by atoms with Crippen molar-refractivity contribution in [2.75, 3.05) is 36.5 Å². The number of piperazine rings is 1. The highest BCUT2D eigenvalue weighted by Crippen LogP contribution is 2.52. The number of fused-ring (bicyclic) bond motifs is 2. The predicted octanol–water partition coefficient (Wildman–Crippen LogP) is 4.26. The Labute approximate surface area is 262 Å². The zero-order chi connectivity index (χ0) is 32.5. The molecular formula is C32H30ClFN6O5. The van der Waals surface area contributed by atoms with Gasteiger partial charge in [0.2, 0.25) is 5.91 Å². The molecule has 0 aliphatic carbocycles. The van der Waals surface area contributed by atoms with Crippen LogP contribution in [0.25, 0.3) is 27.7 Å². The Balaban J connectivity index is 1.82. The Morgan fingerprint density at radius 2 is 1.82 bits per heavy atom. The molecule has 2 aromatic carbocycles. The van der Waals surface area contributed by atoms with E-state index in [2.05, 4.69) is 16.5 Å². The molecule has 232 valence electrons. The molecule has 1 saturated heterocycles. The van der Waals surface area contributed by atoms with Gasteiger partial charge in [-0.15, -0.1) is 0 Å². The number of anilines is 2. The number of aromatic hydroxyl groups is 2. The number of hydrogen-bond donors (Lipinski definition) is 2. The molecule has 2 N–H and O–H groups in total. The zero-order valence-corrected chi connectivity index (χ0v) is 25.8. The third kappa shape index (κ3) is 4.42. The summed E-state index contributed by atoms with van der Waals surface area (Å²) in [6.45, 7) is 9.35. The fraction of sp³-hybridized carbons (Fsp3) is 0.281. The van der Waals surface area contributed by atoms with Gasteiger partial charge >= 0.3 is 5.69 Å². The Morgan fingerprint density at radius 1 is 1.13 bits per heavy atom. The topological polar surface area (TPSA) is 132 Å². The second-order valence-electron chi connectivity index (χ2n) is 11.4. The average molecular weight is 633 g/mol. The maximum absolute atomic E-state index is 17.4. The Kier molecular flexibility index (Phi) is 7.27. The summed E-state index contributed by atoms with van der Waals surface area (Å²) in [5.41, 5.74) is -0.361. The van der Waals surface area contributed by atoms with Gasteiger partial charge in [-0.25, -0.2) is 9.18 Å². The van der Waals surface area contributed by atoms with E-state index in [4.69, 9.17) is 11.6 Å². The molecule has 1 atom stereocenters. The summed E-state index contributed by atoms with van der Waals surface area (Å²) < 4.78 is 18.5. The molecule has 13 heteroatoms. The summed E-state index contributed by atoms with van der Waals surface area (Å²) in [5, 5.41) is 21.5. The molecule has 45 heavy (non-hydrogen) atoms. The van der Waals surface area contributed by atoms with Crippen molar-refractivity contribution >= 4 is 45.8 Å². The van der Waals surface area contributed by atoms with Gasteiger partial charge < -0.3 is 24.9 Å². The fourth-order valence-electron chi connectivity index (χ4n) is 6.31. The summed E-state index contributed by atoms with van der Waals surface area (Å²) in [4.78, 5) is 54.1. The van der Waals surface area contributed by atoms with Crippen molar-refractivity contribution < 1.29 is 24.2 Å². The highest BCUT2D eigenvalue weighted by molar-refractivity contribution is 6.39. The number of aryl methyl sites for hydroxylation is 1. The van der Waals surface area contributed by atoms with Crippen LogP contribution in [0.5, 0.6) is 11.5 Å². The molecule has 6 rings (SSSR count). The Morgan fingerprint density at radius 3 is 2.47 bits per heavy atom. The van der Waals surface area contributed by atoms with E-state index in [0.29, 0.717) is 16.9 Å². The van der Waals surface area contributed by atoms with Crippen molar-refractivity contribution in [3.8, 4) is 28.3 Å². The van der Waals surface area contributed by atoms with Gasteiger partial charge in [-0.1, -0.05) is 38.1 Å². The first-order valence-electron chi connectivity index (χ1n) is 14.3. The molecule has 0 saturated carbocycles. The van der Waals surface area contributed by atoms with Crippen LogP contribution in [0.15, 0.2) is 47.9 Å². The zero-order valence-electron chi connectivity index (χ0n) is 25.0. The van der Waals surface area contributed by atoms with Gasteiger partial charge in [0.05, 0.1) is 39.6 Å². The van der Waals surface area contributed by atoms with Crippen molar-refractivity contribution in [2.45, 2.75) is 32.7 Å². The molecule has 2 aliphatic heterocycles. The molecule has 1 unspecified atom stereocenters. The number of amides is 2. The standard InChI is InChI=1S/C32H30ClFN6O5/c1-6-20(43)38-12-13-39-17(14-38)31(44)37(5)28-23-29(25(34)22(24(28)33)21-18(41)8-7-9-19(21)42)40(32(45)36-30(23)39)27-16(4)10-11-35-26(27)15(2)3/h6-11,15,17,41-42H,1,12-14H2,2-5H3. The number of phenols is 2. The van der Waals surface area contributed by atoms with E-state index in [1.165, 1.54) is 35.0 Å². The Hall–Kier alpha value is -4.97. The summed E-state index contributed by atoms with van der Waals surface area (Å²) in [5.74, 6) is -2.97. The third-order valence-electron chi connectivity index (χ3n) is 8.45. The first-order valence-corrected chi connectivity index (χ1v) is 14.7. The minimum atomic E-state index is -1.02. The van der Waals surface area contributed by atoms with Crippen molar-refractivity contribution in [2.24, 2.45) is 0 Å². The Bertz CT molecular complexity index is 1990. The van der Waals surface area contributed by atoms with Crippen molar-refractivity contribution in [3.05, 3.63) is 75.7 Å². The molecule has 4 heterocycles. The number of carbonyl (C=O) groups is 2. The minimum absolute atomic E-state index is 0.0237. The number of nitrogens with zero attached hydrogens (tertiary/aromatic N) is 6. The summed E-state index contributed by atoms with van der Waals surface area (Å²) >= 11 is 6.98. The van der Waals surface area contributed by atoms with E-state index in [1.807, 2.05) is 13.8 Å². The average Bonchev–Trinajstić information content (AvgIpc) is 3.09. The monoisotopic (exact) mass is 632 g/mol. The number of phenolic OH excluding ortho intramolecular Hbond substituents is 2. The van der Waals surface area contributed by atoms with Crippen LogP contribution in [0.2, 0.25) is 5.02 Å². The van der Waals surface area contributed by atoms with Gasteiger partial charge in [-0.3, -0.25) is 19.1 Å². The first kappa shape index (κ1) is 30.1. The molecular weight excluding hydrogens is 603 g/mol. The summed E-state index contributed by atoms with van der Waals surface area (Å²) in [6, 6.07) is 4.61. The maximum atomic E-state index is 17.4. The van der Waals surface area contributed by atoms with Gasteiger partial charge in [0.15, 0.2) is 5.82 Å². The van der Waals surface area contributed by atoms with E-state index in [0.717, 1.165) is 10.6 Å². The minimum Gasteiger partial charge on any atom is -0.507 e. The molecule has 0 bridgehead atoms. The van der Waals surface area contributed by atoms with Crippen molar-refractivity contribution in [1.29, 1.82) is 0 Å². The molecule has 0 spiro atoms. The number of likely N-dealkylation sites (N-methyl/N-ethyl adjacent to an activating group) is 1. The smallest absolute Gasteiger partial charge is 0.354 e. The molecule has 1 fully saturated rings. The lowest BCUT2D eigenvalue weighted by Gasteiger charge is -2.40. The third-order valence-corrected chi connectivity index (χ3v) is 8.82.